The molecule has 1 fully saturated rings. The van der Waals surface area contributed by atoms with Crippen molar-refractivity contribution in [1.82, 2.24) is 15.1 Å². The molecule has 0 spiro atoms. The number of carbonyl (C=O) groups excluding carboxylic acids is 1. The van der Waals surface area contributed by atoms with Gasteiger partial charge in [-0.3, -0.25) is 9.48 Å². The van der Waals surface area contributed by atoms with E-state index in [-0.39, 0.29) is 11.3 Å². The number of nitrogens with zero attached hydrogens (tertiary/aromatic N) is 2. The number of benzene rings is 1. The number of amides is 1. The van der Waals surface area contributed by atoms with Crippen molar-refractivity contribution in [2.24, 2.45) is 0 Å². The van der Waals surface area contributed by atoms with Crippen molar-refractivity contribution in [3.8, 4) is 0 Å². The average Bonchev–Trinajstić information content (AvgIpc) is 3.10. The van der Waals surface area contributed by atoms with Crippen LogP contribution in [-0.4, -0.2) is 28.8 Å². The van der Waals surface area contributed by atoms with Gasteiger partial charge in [0.2, 0.25) is 0 Å². The molecule has 0 unspecified atom stereocenters. The van der Waals surface area contributed by atoms with E-state index in [1.165, 1.54) is 0 Å². The SMILES string of the molecule is CC(C)(C)c1ccccc1NC(=O)C1(n2cccn2)CCNCC1. The predicted octanol–water partition coefficient (Wildman–Crippen LogP) is 2.90. The summed E-state index contributed by atoms with van der Waals surface area (Å²) in [5.74, 6) is 0.0180. The van der Waals surface area contributed by atoms with Crippen LogP contribution in [0.5, 0.6) is 0 Å². The Balaban J connectivity index is 1.93. The molecule has 2 heterocycles. The Hall–Kier alpha value is -2.14. The molecule has 1 amide bonds. The van der Waals surface area contributed by atoms with Crippen molar-refractivity contribution < 1.29 is 4.79 Å². The molecular weight excluding hydrogens is 300 g/mol. The Kier molecular flexibility index (Phi) is 4.45. The molecule has 2 aromatic rings. The first kappa shape index (κ1) is 16.7. The Morgan fingerprint density at radius 1 is 1.21 bits per heavy atom. The minimum Gasteiger partial charge on any atom is -0.324 e. The first-order valence-corrected chi connectivity index (χ1v) is 8.55. The summed E-state index contributed by atoms with van der Waals surface area (Å²) in [6.45, 7) is 8.10. The Morgan fingerprint density at radius 2 is 1.92 bits per heavy atom. The Bertz CT molecular complexity index is 694. The van der Waals surface area contributed by atoms with Gasteiger partial charge < -0.3 is 10.6 Å². The molecule has 128 valence electrons. The van der Waals surface area contributed by atoms with Crippen LogP contribution in [0.1, 0.15) is 39.2 Å². The summed E-state index contributed by atoms with van der Waals surface area (Å²) < 4.78 is 1.82. The van der Waals surface area contributed by atoms with E-state index in [0.717, 1.165) is 37.2 Å². The molecule has 3 rings (SSSR count). The van der Waals surface area contributed by atoms with Crippen LogP contribution < -0.4 is 10.6 Å². The van der Waals surface area contributed by atoms with Crippen molar-refractivity contribution in [2.75, 3.05) is 18.4 Å². The minimum atomic E-state index is -0.625. The molecule has 1 aromatic heterocycles. The number of para-hydroxylation sites is 1. The highest BCUT2D eigenvalue weighted by atomic mass is 16.2. The van der Waals surface area contributed by atoms with Crippen molar-refractivity contribution in [3.05, 3.63) is 48.3 Å². The third-order valence-electron chi connectivity index (χ3n) is 4.78. The Morgan fingerprint density at radius 3 is 2.54 bits per heavy atom. The van der Waals surface area contributed by atoms with Crippen LogP contribution in [-0.2, 0) is 15.7 Å². The van der Waals surface area contributed by atoms with Gasteiger partial charge in [0.1, 0.15) is 5.54 Å². The number of hydrogen-bond acceptors (Lipinski definition) is 3. The second kappa shape index (κ2) is 6.40. The summed E-state index contributed by atoms with van der Waals surface area (Å²) in [4.78, 5) is 13.3. The van der Waals surface area contributed by atoms with E-state index >= 15 is 0 Å². The summed E-state index contributed by atoms with van der Waals surface area (Å²) in [5.41, 5.74) is 1.37. The fourth-order valence-electron chi connectivity index (χ4n) is 3.41. The summed E-state index contributed by atoms with van der Waals surface area (Å²) in [6.07, 6.45) is 5.09. The molecule has 1 aliphatic rings. The van der Waals surface area contributed by atoms with Gasteiger partial charge in [-0.15, -0.1) is 0 Å². The van der Waals surface area contributed by atoms with Crippen LogP contribution >= 0.6 is 0 Å². The van der Waals surface area contributed by atoms with Crippen LogP contribution in [0.15, 0.2) is 42.7 Å². The van der Waals surface area contributed by atoms with E-state index in [4.69, 9.17) is 0 Å². The molecular formula is C19H26N4O. The van der Waals surface area contributed by atoms with E-state index in [0.29, 0.717) is 0 Å². The maximum Gasteiger partial charge on any atom is 0.252 e. The molecule has 0 bridgehead atoms. The van der Waals surface area contributed by atoms with E-state index in [1.807, 2.05) is 35.1 Å². The van der Waals surface area contributed by atoms with Gasteiger partial charge in [0.15, 0.2) is 0 Å². The van der Waals surface area contributed by atoms with Crippen molar-refractivity contribution in [1.29, 1.82) is 0 Å². The number of rotatable bonds is 3. The number of anilines is 1. The first-order chi connectivity index (χ1) is 11.4. The van der Waals surface area contributed by atoms with Crippen molar-refractivity contribution in [3.63, 3.8) is 0 Å². The zero-order valence-electron chi connectivity index (χ0n) is 14.7. The third-order valence-corrected chi connectivity index (χ3v) is 4.78. The molecule has 1 aromatic carbocycles. The second-order valence-electron chi connectivity index (χ2n) is 7.48. The topological polar surface area (TPSA) is 59.0 Å². The van der Waals surface area contributed by atoms with Crippen molar-refractivity contribution in [2.45, 2.75) is 44.6 Å². The smallest absolute Gasteiger partial charge is 0.252 e. The van der Waals surface area contributed by atoms with E-state index in [1.54, 1.807) is 6.20 Å². The number of nitrogens with one attached hydrogen (secondary N) is 2. The van der Waals surface area contributed by atoms with E-state index in [2.05, 4.69) is 42.6 Å². The zero-order chi connectivity index (χ0) is 17.2. The van der Waals surface area contributed by atoms with Gasteiger partial charge in [-0.25, -0.2) is 0 Å². The lowest BCUT2D eigenvalue weighted by molar-refractivity contribution is -0.126. The second-order valence-corrected chi connectivity index (χ2v) is 7.48. The van der Waals surface area contributed by atoms with Gasteiger partial charge in [0.05, 0.1) is 0 Å². The van der Waals surface area contributed by atoms with Crippen LogP contribution in [0.2, 0.25) is 0 Å². The van der Waals surface area contributed by atoms with Crippen molar-refractivity contribution >= 4 is 11.6 Å². The third kappa shape index (κ3) is 3.08. The standard InChI is InChI=1S/C19H26N4O/c1-18(2,3)15-7-4-5-8-16(15)22-17(24)19(9-12-20-13-10-19)23-14-6-11-21-23/h4-8,11,14,20H,9-10,12-13H2,1-3H3,(H,22,24). The molecule has 0 atom stereocenters. The lowest BCUT2D eigenvalue weighted by Gasteiger charge is -2.37. The van der Waals surface area contributed by atoms with Gasteiger partial charge >= 0.3 is 0 Å². The van der Waals surface area contributed by atoms with Gasteiger partial charge in [0.25, 0.3) is 5.91 Å². The lowest BCUT2D eigenvalue weighted by Crippen LogP contribution is -2.52. The number of piperidine rings is 1. The van der Waals surface area contributed by atoms with E-state index in [9.17, 15) is 4.79 Å². The van der Waals surface area contributed by atoms with Crippen LogP contribution in [0.4, 0.5) is 5.69 Å². The van der Waals surface area contributed by atoms with Gasteiger partial charge in [-0.05, 0) is 49.0 Å². The fraction of sp³-hybridized carbons (Fsp3) is 0.474. The largest absolute Gasteiger partial charge is 0.324 e. The normalized spacial score (nSPS) is 17.5. The number of aromatic nitrogens is 2. The minimum absolute atomic E-state index is 0.0180. The molecule has 2 N–H and O–H groups in total. The van der Waals surface area contributed by atoms with Gasteiger partial charge in [0, 0.05) is 18.1 Å². The monoisotopic (exact) mass is 326 g/mol. The summed E-state index contributed by atoms with van der Waals surface area (Å²) in [6, 6.07) is 9.92. The first-order valence-electron chi connectivity index (χ1n) is 8.55. The quantitative estimate of drug-likeness (QED) is 0.912. The lowest BCUT2D eigenvalue weighted by atomic mass is 9.84. The fourth-order valence-corrected chi connectivity index (χ4v) is 3.41. The molecule has 1 aliphatic heterocycles. The van der Waals surface area contributed by atoms with Gasteiger partial charge in [-0.1, -0.05) is 39.0 Å². The summed E-state index contributed by atoms with van der Waals surface area (Å²) in [5, 5.41) is 10.9. The maximum absolute atomic E-state index is 13.3. The van der Waals surface area contributed by atoms with Gasteiger partial charge in [-0.2, -0.15) is 5.10 Å². The molecule has 0 aliphatic carbocycles. The van der Waals surface area contributed by atoms with E-state index < -0.39 is 5.54 Å². The highest BCUT2D eigenvalue weighted by Gasteiger charge is 2.42. The maximum atomic E-state index is 13.3. The highest BCUT2D eigenvalue weighted by molar-refractivity contribution is 5.97. The molecule has 5 nitrogen and oxygen atoms in total. The predicted molar refractivity (Wildman–Crippen MR) is 96.1 cm³/mol. The molecule has 24 heavy (non-hydrogen) atoms. The summed E-state index contributed by atoms with van der Waals surface area (Å²) >= 11 is 0. The van der Waals surface area contributed by atoms with Crippen LogP contribution in [0.3, 0.4) is 0 Å². The molecule has 1 saturated heterocycles. The molecule has 0 saturated carbocycles. The highest BCUT2D eigenvalue weighted by Crippen LogP contribution is 2.32. The zero-order valence-corrected chi connectivity index (χ0v) is 14.7. The molecule has 0 radical (unpaired) electrons. The number of carbonyl (C=O) groups is 1. The molecule has 5 heteroatoms. The summed E-state index contributed by atoms with van der Waals surface area (Å²) in [7, 11) is 0. The average molecular weight is 326 g/mol. The Labute approximate surface area is 143 Å². The van der Waals surface area contributed by atoms with Crippen LogP contribution in [0.25, 0.3) is 0 Å². The van der Waals surface area contributed by atoms with Crippen LogP contribution in [0, 0.1) is 0 Å². The number of hydrogen-bond donors (Lipinski definition) is 2.